The summed E-state index contributed by atoms with van der Waals surface area (Å²) < 4.78 is 27.0. The van der Waals surface area contributed by atoms with Crippen LogP contribution in [0.25, 0.3) is 0 Å². The summed E-state index contributed by atoms with van der Waals surface area (Å²) in [7, 11) is -1.86. The standard InChI is InChI=1S/C13H13N3O3S/c1-15-6-7-16(13(15)17)8-9-20(18,19)12-4-2-11(10-14)3-5-12/h2-7H,8-9H2,1H3. The number of benzene rings is 1. The molecule has 0 atom stereocenters. The average molecular weight is 291 g/mol. The van der Waals surface area contributed by atoms with Crippen LogP contribution in [-0.4, -0.2) is 23.3 Å². The van der Waals surface area contributed by atoms with E-state index in [1.54, 1.807) is 19.4 Å². The maximum Gasteiger partial charge on any atom is 0.327 e. The lowest BCUT2D eigenvalue weighted by Gasteiger charge is -2.05. The van der Waals surface area contributed by atoms with Crippen molar-refractivity contribution in [3.63, 3.8) is 0 Å². The molecule has 1 aromatic heterocycles. The molecule has 0 spiro atoms. The molecule has 0 bridgehead atoms. The molecule has 20 heavy (non-hydrogen) atoms. The van der Waals surface area contributed by atoms with Crippen LogP contribution in [0, 0.1) is 11.3 Å². The van der Waals surface area contributed by atoms with E-state index in [4.69, 9.17) is 5.26 Å². The number of sulfone groups is 1. The Morgan fingerprint density at radius 3 is 2.35 bits per heavy atom. The lowest BCUT2D eigenvalue weighted by molar-refractivity contribution is 0.586. The molecule has 0 saturated carbocycles. The second-order valence-electron chi connectivity index (χ2n) is 4.34. The van der Waals surface area contributed by atoms with Gasteiger partial charge in [-0.25, -0.2) is 13.2 Å². The molecule has 0 aliphatic rings. The first-order valence-electron chi connectivity index (χ1n) is 5.89. The van der Waals surface area contributed by atoms with Crippen molar-refractivity contribution in [2.45, 2.75) is 11.4 Å². The minimum Gasteiger partial charge on any atom is -0.302 e. The van der Waals surface area contributed by atoms with Gasteiger partial charge in [-0.2, -0.15) is 5.26 Å². The molecule has 2 aromatic rings. The summed E-state index contributed by atoms with van der Waals surface area (Å²) in [4.78, 5) is 11.8. The first-order chi connectivity index (χ1) is 9.44. The zero-order chi connectivity index (χ0) is 14.8. The van der Waals surface area contributed by atoms with Gasteiger partial charge >= 0.3 is 5.69 Å². The Bertz CT molecular complexity index is 808. The maximum atomic E-state index is 12.1. The van der Waals surface area contributed by atoms with Crippen LogP contribution in [0.5, 0.6) is 0 Å². The number of hydrogen-bond acceptors (Lipinski definition) is 4. The molecule has 7 heteroatoms. The van der Waals surface area contributed by atoms with Gasteiger partial charge in [0.2, 0.25) is 0 Å². The summed E-state index contributed by atoms with van der Waals surface area (Å²) in [6.45, 7) is 0.0992. The predicted octanol–water partition coefficient (Wildman–Crippen LogP) is 0.532. The van der Waals surface area contributed by atoms with Gasteiger partial charge in [0.15, 0.2) is 9.84 Å². The number of aromatic nitrogens is 2. The molecule has 104 valence electrons. The molecule has 0 unspecified atom stereocenters. The average Bonchev–Trinajstić information content (AvgIpc) is 2.77. The van der Waals surface area contributed by atoms with Crippen molar-refractivity contribution in [2.24, 2.45) is 7.05 Å². The van der Waals surface area contributed by atoms with Gasteiger partial charge < -0.3 is 4.57 Å². The zero-order valence-electron chi connectivity index (χ0n) is 10.9. The highest BCUT2D eigenvalue weighted by Gasteiger charge is 2.15. The smallest absolute Gasteiger partial charge is 0.302 e. The molecule has 2 rings (SSSR count). The third kappa shape index (κ3) is 2.81. The van der Waals surface area contributed by atoms with Gasteiger partial charge in [0, 0.05) is 26.0 Å². The number of nitrogens with zero attached hydrogens (tertiary/aromatic N) is 3. The van der Waals surface area contributed by atoms with Gasteiger partial charge in [-0.1, -0.05) is 0 Å². The van der Waals surface area contributed by atoms with Crippen LogP contribution in [0.3, 0.4) is 0 Å². The van der Waals surface area contributed by atoms with Crippen LogP contribution in [0.4, 0.5) is 0 Å². The Balaban J connectivity index is 2.17. The van der Waals surface area contributed by atoms with E-state index < -0.39 is 9.84 Å². The SMILES string of the molecule is Cn1ccn(CCS(=O)(=O)c2ccc(C#N)cc2)c1=O. The van der Waals surface area contributed by atoms with Gasteiger partial charge in [-0.15, -0.1) is 0 Å². The third-order valence-corrected chi connectivity index (χ3v) is 4.67. The number of nitriles is 1. The van der Waals surface area contributed by atoms with Crippen molar-refractivity contribution >= 4 is 9.84 Å². The summed E-state index contributed by atoms with van der Waals surface area (Å²) in [5.41, 5.74) is 0.156. The van der Waals surface area contributed by atoms with Gasteiger partial charge in [-0.05, 0) is 24.3 Å². The van der Waals surface area contributed by atoms with Crippen molar-refractivity contribution in [3.05, 3.63) is 52.7 Å². The largest absolute Gasteiger partial charge is 0.327 e. The summed E-state index contributed by atoms with van der Waals surface area (Å²) in [6.07, 6.45) is 3.13. The minimum absolute atomic E-state index is 0.0992. The number of hydrogen-bond donors (Lipinski definition) is 0. The molecular weight excluding hydrogens is 278 g/mol. The molecule has 6 nitrogen and oxygen atoms in total. The van der Waals surface area contributed by atoms with Crippen molar-refractivity contribution in [1.82, 2.24) is 9.13 Å². The Labute approximate surface area is 116 Å². The van der Waals surface area contributed by atoms with Crippen LogP contribution >= 0.6 is 0 Å². The van der Waals surface area contributed by atoms with Crippen molar-refractivity contribution < 1.29 is 8.42 Å². The molecule has 0 amide bonds. The highest BCUT2D eigenvalue weighted by Crippen LogP contribution is 2.12. The van der Waals surface area contributed by atoms with Crippen LogP contribution in [0.15, 0.2) is 46.3 Å². The monoisotopic (exact) mass is 291 g/mol. The number of rotatable bonds is 4. The van der Waals surface area contributed by atoms with E-state index in [1.165, 1.54) is 33.4 Å². The fourth-order valence-electron chi connectivity index (χ4n) is 1.75. The number of aryl methyl sites for hydroxylation is 2. The normalized spacial score (nSPS) is 11.2. The molecule has 0 aliphatic heterocycles. The summed E-state index contributed by atoms with van der Waals surface area (Å²) >= 11 is 0. The molecule has 0 saturated heterocycles. The predicted molar refractivity (Wildman–Crippen MR) is 72.9 cm³/mol. The quantitative estimate of drug-likeness (QED) is 0.822. The Morgan fingerprint density at radius 1 is 1.20 bits per heavy atom. The maximum absolute atomic E-state index is 12.1. The van der Waals surface area contributed by atoms with E-state index in [0.717, 1.165) is 0 Å². The molecule has 0 radical (unpaired) electrons. The summed E-state index contributed by atoms with van der Waals surface area (Å²) in [5.74, 6) is -0.164. The lowest BCUT2D eigenvalue weighted by atomic mass is 10.2. The zero-order valence-corrected chi connectivity index (χ0v) is 11.7. The van der Waals surface area contributed by atoms with E-state index >= 15 is 0 Å². The highest BCUT2D eigenvalue weighted by molar-refractivity contribution is 7.91. The van der Waals surface area contributed by atoms with E-state index in [9.17, 15) is 13.2 Å². The second-order valence-corrected chi connectivity index (χ2v) is 6.45. The molecule has 1 aromatic carbocycles. The topological polar surface area (TPSA) is 84.9 Å². The molecule has 0 aliphatic carbocycles. The second kappa shape index (κ2) is 5.35. The van der Waals surface area contributed by atoms with Crippen molar-refractivity contribution in [1.29, 1.82) is 5.26 Å². The fraction of sp³-hybridized carbons (Fsp3) is 0.231. The van der Waals surface area contributed by atoms with Gasteiger partial charge in [0.1, 0.15) is 0 Å². The minimum atomic E-state index is -3.47. The van der Waals surface area contributed by atoms with E-state index in [2.05, 4.69) is 0 Å². The van der Waals surface area contributed by atoms with Crippen LogP contribution in [0.2, 0.25) is 0 Å². The van der Waals surface area contributed by atoms with Gasteiger partial charge in [0.05, 0.1) is 22.3 Å². The highest BCUT2D eigenvalue weighted by atomic mass is 32.2. The van der Waals surface area contributed by atoms with E-state index in [1.807, 2.05) is 6.07 Å². The van der Waals surface area contributed by atoms with Crippen LogP contribution < -0.4 is 5.69 Å². The Hall–Kier alpha value is -2.33. The molecule has 1 heterocycles. The van der Waals surface area contributed by atoms with Crippen LogP contribution in [0.1, 0.15) is 5.56 Å². The van der Waals surface area contributed by atoms with Crippen molar-refractivity contribution in [2.75, 3.05) is 5.75 Å². The molecule has 0 N–H and O–H groups in total. The first-order valence-corrected chi connectivity index (χ1v) is 7.54. The third-order valence-electron chi connectivity index (χ3n) is 2.96. The molecule has 0 fully saturated rings. The lowest BCUT2D eigenvalue weighted by Crippen LogP contribution is -2.25. The fourth-order valence-corrected chi connectivity index (χ4v) is 2.98. The first kappa shape index (κ1) is 14.1. The van der Waals surface area contributed by atoms with E-state index in [-0.39, 0.29) is 22.9 Å². The number of imidazole rings is 1. The Morgan fingerprint density at radius 2 is 1.85 bits per heavy atom. The van der Waals surface area contributed by atoms with Crippen molar-refractivity contribution in [3.8, 4) is 6.07 Å². The summed E-state index contributed by atoms with van der Waals surface area (Å²) in [5, 5.41) is 8.68. The van der Waals surface area contributed by atoms with Crippen LogP contribution in [-0.2, 0) is 23.4 Å². The summed E-state index contributed by atoms with van der Waals surface area (Å²) in [6, 6.07) is 7.66. The van der Waals surface area contributed by atoms with Gasteiger partial charge in [0.25, 0.3) is 0 Å². The van der Waals surface area contributed by atoms with E-state index in [0.29, 0.717) is 5.56 Å². The van der Waals surface area contributed by atoms with Gasteiger partial charge in [-0.3, -0.25) is 4.57 Å². The Kier molecular flexibility index (Phi) is 3.77. The molecular formula is C13H13N3O3S.